The number of nitrogen functional groups attached to an aromatic ring is 1. The number of nitrogens with zero attached hydrogens (tertiary/aromatic N) is 2. The molecule has 2 atom stereocenters. The summed E-state index contributed by atoms with van der Waals surface area (Å²) in [5.41, 5.74) is 9.32. The Morgan fingerprint density at radius 3 is 2.91 bits per heavy atom. The Kier molecular flexibility index (Phi) is 6.17. The van der Waals surface area contributed by atoms with E-state index in [9.17, 15) is 0 Å². The number of hydrogen-bond acceptors (Lipinski definition) is 8. The monoisotopic (exact) mass is 479 g/mol. The maximum absolute atomic E-state index is 6.38. The molecule has 1 aliphatic rings. The van der Waals surface area contributed by atoms with Gasteiger partial charge in [-0.1, -0.05) is 11.6 Å². The molecule has 2 aromatic carbocycles. The van der Waals surface area contributed by atoms with Crippen LogP contribution >= 0.6 is 11.6 Å². The van der Waals surface area contributed by atoms with E-state index < -0.39 is 0 Å². The van der Waals surface area contributed by atoms with E-state index in [0.717, 1.165) is 25.1 Å². The average Bonchev–Trinajstić information content (AvgIpc) is 3.49. The summed E-state index contributed by atoms with van der Waals surface area (Å²) in [6, 6.07) is 13.3. The van der Waals surface area contributed by atoms with Gasteiger partial charge in [-0.05, 0) is 57.5 Å². The Labute approximate surface area is 202 Å². The number of ether oxygens (including phenoxy) is 2. The van der Waals surface area contributed by atoms with Crippen molar-refractivity contribution in [2.45, 2.75) is 38.8 Å². The van der Waals surface area contributed by atoms with Gasteiger partial charge in [-0.3, -0.25) is 4.98 Å². The number of fused-ring (bicyclic) bond motifs is 1. The van der Waals surface area contributed by atoms with Gasteiger partial charge < -0.3 is 30.3 Å². The second kappa shape index (κ2) is 9.40. The van der Waals surface area contributed by atoms with Crippen LogP contribution in [-0.4, -0.2) is 28.7 Å². The zero-order valence-corrected chi connectivity index (χ0v) is 19.7. The van der Waals surface area contributed by atoms with Crippen LogP contribution in [-0.2, 0) is 0 Å². The van der Waals surface area contributed by atoms with Crippen LogP contribution in [0.5, 0.6) is 17.2 Å². The molecule has 0 amide bonds. The number of rotatable bonds is 7. The van der Waals surface area contributed by atoms with Crippen LogP contribution in [0.1, 0.15) is 25.5 Å². The van der Waals surface area contributed by atoms with E-state index in [1.54, 1.807) is 36.5 Å². The molecule has 0 spiro atoms. The standard InChI is InChI=1S/C25H26ClN5O3/c1-14-24(27)22(9-11-28-14)33-17-6-8-21-20(13-17)31-25(34-21)30-16-5-7-18(26)23(12-16)32-15(2)19-4-3-10-29-19/h5-9,11-13,15,19,29H,3-4,10,27H2,1-2H3,(H,30,31)/t15?,19-/m0/s1. The smallest absolute Gasteiger partial charge is 0.300 e. The van der Waals surface area contributed by atoms with E-state index in [4.69, 9.17) is 31.2 Å². The molecular weight excluding hydrogens is 454 g/mol. The molecule has 3 heterocycles. The molecule has 0 saturated carbocycles. The lowest BCUT2D eigenvalue weighted by atomic mass is 10.1. The van der Waals surface area contributed by atoms with Crippen molar-refractivity contribution in [2.24, 2.45) is 0 Å². The zero-order valence-electron chi connectivity index (χ0n) is 19.0. The van der Waals surface area contributed by atoms with Crippen molar-refractivity contribution in [3.63, 3.8) is 0 Å². The SMILES string of the molecule is Cc1nccc(Oc2ccc3oc(Nc4ccc(Cl)c(OC(C)[C@@H]5CCCN5)c4)nc3c2)c1N. The Bertz CT molecular complexity index is 1320. The number of nitrogens with one attached hydrogen (secondary N) is 2. The molecule has 4 N–H and O–H groups in total. The Morgan fingerprint density at radius 1 is 1.21 bits per heavy atom. The first kappa shape index (κ1) is 22.3. The molecule has 5 rings (SSSR count). The van der Waals surface area contributed by atoms with Crippen LogP contribution in [0.25, 0.3) is 11.1 Å². The van der Waals surface area contributed by atoms with Crippen LogP contribution in [0, 0.1) is 6.92 Å². The highest BCUT2D eigenvalue weighted by Gasteiger charge is 2.23. The third-order valence-electron chi connectivity index (χ3n) is 5.90. The van der Waals surface area contributed by atoms with Crippen molar-refractivity contribution < 1.29 is 13.9 Å². The van der Waals surface area contributed by atoms with Crippen molar-refractivity contribution in [1.82, 2.24) is 15.3 Å². The van der Waals surface area contributed by atoms with Gasteiger partial charge in [0.1, 0.15) is 23.1 Å². The average molecular weight is 480 g/mol. The van der Waals surface area contributed by atoms with Crippen molar-refractivity contribution >= 4 is 40.1 Å². The second-order valence-electron chi connectivity index (χ2n) is 8.35. The van der Waals surface area contributed by atoms with Crippen LogP contribution < -0.4 is 25.8 Å². The lowest BCUT2D eigenvalue weighted by Crippen LogP contribution is -2.36. The third kappa shape index (κ3) is 4.73. The predicted molar refractivity (Wildman–Crippen MR) is 133 cm³/mol. The number of benzene rings is 2. The van der Waals surface area contributed by atoms with Crippen molar-refractivity contribution in [3.8, 4) is 17.2 Å². The molecule has 8 nitrogen and oxygen atoms in total. The topological polar surface area (TPSA) is 107 Å². The molecule has 176 valence electrons. The fourth-order valence-electron chi connectivity index (χ4n) is 3.98. The lowest BCUT2D eigenvalue weighted by Gasteiger charge is -2.22. The minimum absolute atomic E-state index is 0.0104. The number of hydrogen-bond donors (Lipinski definition) is 3. The molecule has 4 aromatic rings. The van der Waals surface area contributed by atoms with Gasteiger partial charge in [-0.2, -0.15) is 4.98 Å². The highest BCUT2D eigenvalue weighted by Crippen LogP contribution is 2.33. The van der Waals surface area contributed by atoms with Gasteiger partial charge >= 0.3 is 0 Å². The number of oxazole rings is 1. The summed E-state index contributed by atoms with van der Waals surface area (Å²) in [5.74, 6) is 1.76. The second-order valence-corrected chi connectivity index (χ2v) is 8.76. The highest BCUT2D eigenvalue weighted by molar-refractivity contribution is 6.32. The van der Waals surface area contributed by atoms with E-state index in [2.05, 4.69) is 27.5 Å². The molecule has 34 heavy (non-hydrogen) atoms. The number of nitrogens with two attached hydrogens (primary N) is 1. The van der Waals surface area contributed by atoms with Crippen LogP contribution in [0.15, 0.2) is 53.1 Å². The quantitative estimate of drug-likeness (QED) is 0.304. The summed E-state index contributed by atoms with van der Waals surface area (Å²) in [6.07, 6.45) is 3.93. The summed E-state index contributed by atoms with van der Waals surface area (Å²) in [7, 11) is 0. The molecule has 2 aromatic heterocycles. The van der Waals surface area contributed by atoms with Crippen molar-refractivity contribution in [1.29, 1.82) is 0 Å². The normalized spacial score (nSPS) is 16.5. The fraction of sp³-hybridized carbons (Fsp3) is 0.280. The van der Waals surface area contributed by atoms with Gasteiger partial charge in [-0.15, -0.1) is 0 Å². The number of aromatic nitrogens is 2. The van der Waals surface area contributed by atoms with E-state index in [1.165, 1.54) is 0 Å². The molecule has 1 aliphatic heterocycles. The van der Waals surface area contributed by atoms with Crippen LogP contribution in [0.4, 0.5) is 17.4 Å². The molecule has 0 bridgehead atoms. The largest absolute Gasteiger partial charge is 0.487 e. The molecule has 0 aliphatic carbocycles. The minimum atomic E-state index is 0.0104. The minimum Gasteiger partial charge on any atom is -0.487 e. The maximum atomic E-state index is 6.38. The van der Waals surface area contributed by atoms with Gasteiger partial charge in [0.25, 0.3) is 6.01 Å². The summed E-state index contributed by atoms with van der Waals surface area (Å²) in [5, 5.41) is 7.21. The van der Waals surface area contributed by atoms with Gasteiger partial charge in [-0.25, -0.2) is 0 Å². The first-order chi connectivity index (χ1) is 16.5. The molecule has 0 radical (unpaired) electrons. The summed E-state index contributed by atoms with van der Waals surface area (Å²) < 4.78 is 17.9. The Balaban J connectivity index is 1.32. The van der Waals surface area contributed by atoms with E-state index in [-0.39, 0.29) is 6.10 Å². The Morgan fingerprint density at radius 2 is 2.09 bits per heavy atom. The molecule has 1 saturated heterocycles. The Hall–Kier alpha value is -3.49. The van der Waals surface area contributed by atoms with Gasteiger partial charge in [0.15, 0.2) is 11.3 Å². The van der Waals surface area contributed by atoms with E-state index in [0.29, 0.717) is 56.8 Å². The fourth-order valence-corrected chi connectivity index (χ4v) is 4.15. The van der Waals surface area contributed by atoms with E-state index >= 15 is 0 Å². The first-order valence-electron chi connectivity index (χ1n) is 11.2. The predicted octanol–water partition coefficient (Wildman–Crippen LogP) is 5.82. The third-order valence-corrected chi connectivity index (χ3v) is 6.21. The van der Waals surface area contributed by atoms with E-state index in [1.807, 2.05) is 19.1 Å². The van der Waals surface area contributed by atoms with Crippen molar-refractivity contribution in [2.75, 3.05) is 17.6 Å². The molecule has 1 fully saturated rings. The van der Waals surface area contributed by atoms with Crippen molar-refractivity contribution in [3.05, 3.63) is 59.4 Å². The van der Waals surface area contributed by atoms with Crippen LogP contribution in [0.3, 0.4) is 0 Å². The number of anilines is 3. The zero-order chi connectivity index (χ0) is 23.7. The van der Waals surface area contributed by atoms with Gasteiger partial charge in [0, 0.05) is 36.1 Å². The maximum Gasteiger partial charge on any atom is 0.300 e. The number of aryl methyl sites for hydroxylation is 1. The molecular formula is C25H26ClN5O3. The first-order valence-corrected chi connectivity index (χ1v) is 11.6. The molecule has 1 unspecified atom stereocenters. The summed E-state index contributed by atoms with van der Waals surface area (Å²) >= 11 is 6.38. The highest BCUT2D eigenvalue weighted by atomic mass is 35.5. The summed E-state index contributed by atoms with van der Waals surface area (Å²) in [6.45, 7) is 4.91. The van der Waals surface area contributed by atoms with Gasteiger partial charge in [0.05, 0.1) is 16.4 Å². The molecule has 9 heteroatoms. The summed E-state index contributed by atoms with van der Waals surface area (Å²) in [4.78, 5) is 8.70. The van der Waals surface area contributed by atoms with Gasteiger partial charge in [0.2, 0.25) is 0 Å². The number of pyridine rings is 1. The number of halogens is 1. The lowest BCUT2D eigenvalue weighted by molar-refractivity contribution is 0.180. The van der Waals surface area contributed by atoms with Crippen LogP contribution in [0.2, 0.25) is 5.02 Å².